The number of aromatic nitrogens is 3. The number of esters is 1. The molecule has 15 heteroatoms. The summed E-state index contributed by atoms with van der Waals surface area (Å²) in [5, 5.41) is 21.9. The highest BCUT2D eigenvalue weighted by Gasteiger charge is 2.45. The number of para-hydroxylation sites is 1. The Morgan fingerprint density at radius 3 is 2.58 bits per heavy atom. The molecule has 0 spiro atoms. The number of thioether (sulfide) groups is 1. The van der Waals surface area contributed by atoms with Gasteiger partial charge in [0, 0.05) is 0 Å². The van der Waals surface area contributed by atoms with E-state index in [0.717, 1.165) is 22.7 Å². The van der Waals surface area contributed by atoms with Gasteiger partial charge < -0.3 is 25.2 Å². The van der Waals surface area contributed by atoms with Crippen LogP contribution < -0.4 is 21.0 Å². The van der Waals surface area contributed by atoms with Gasteiger partial charge in [0.1, 0.15) is 29.6 Å². The van der Waals surface area contributed by atoms with Crippen molar-refractivity contribution in [2.75, 3.05) is 18.9 Å². The van der Waals surface area contributed by atoms with Crippen LogP contribution in [-0.4, -0.2) is 67.4 Å². The first-order chi connectivity index (χ1) is 17.0. The van der Waals surface area contributed by atoms with Crippen molar-refractivity contribution in [1.82, 2.24) is 19.6 Å². The van der Waals surface area contributed by atoms with Crippen LogP contribution in [0.3, 0.4) is 0 Å². The molecule has 1 aromatic carbocycles. The van der Waals surface area contributed by atoms with Crippen LogP contribution in [0.5, 0.6) is 5.75 Å². The molecular formula is C21H30N5O8PS. The van der Waals surface area contributed by atoms with Gasteiger partial charge in [-0.1, -0.05) is 32.0 Å². The molecule has 13 nitrogen and oxygen atoms in total. The van der Waals surface area contributed by atoms with Crippen LogP contribution in [0.4, 0.5) is 5.95 Å². The number of nitrogens with one attached hydrogen (secondary N) is 1. The molecule has 1 aromatic heterocycles. The molecule has 1 fully saturated rings. The van der Waals surface area contributed by atoms with Crippen LogP contribution in [0.15, 0.2) is 41.5 Å². The van der Waals surface area contributed by atoms with E-state index in [-0.39, 0.29) is 30.8 Å². The summed E-state index contributed by atoms with van der Waals surface area (Å²) in [4.78, 5) is 31.8. The zero-order valence-corrected chi connectivity index (χ0v) is 21.7. The Bertz CT molecular complexity index is 1140. The minimum absolute atomic E-state index is 0.115. The minimum atomic E-state index is -4.17. The number of nitrogen functional groups attached to an aromatic ring is 1. The number of carbonyl (C=O) groups is 1. The Morgan fingerprint density at radius 1 is 1.25 bits per heavy atom. The van der Waals surface area contributed by atoms with Crippen molar-refractivity contribution in [3.05, 3.63) is 47.1 Å². The summed E-state index contributed by atoms with van der Waals surface area (Å²) in [6.07, 6.45) is -1.60. The van der Waals surface area contributed by atoms with Crippen molar-refractivity contribution in [3.63, 3.8) is 0 Å². The lowest BCUT2D eigenvalue weighted by molar-refractivity contribution is -0.146. The minimum Gasteiger partial charge on any atom is -0.464 e. The molecule has 2 aromatic rings. The van der Waals surface area contributed by atoms with E-state index in [1.54, 1.807) is 30.3 Å². The monoisotopic (exact) mass is 543 g/mol. The van der Waals surface area contributed by atoms with Gasteiger partial charge in [-0.25, -0.2) is 14.3 Å². The second kappa shape index (κ2) is 12.2. The molecular weight excluding hydrogens is 513 g/mol. The number of hydrogen-bond donors (Lipinski definition) is 4. The number of nitrogens with two attached hydrogens (primary N) is 1. The number of nitrogens with zero attached hydrogens (tertiary/aromatic N) is 3. The molecule has 1 aliphatic heterocycles. The van der Waals surface area contributed by atoms with Crippen LogP contribution >= 0.6 is 19.5 Å². The number of rotatable bonds is 11. The highest BCUT2D eigenvalue weighted by Crippen LogP contribution is 2.48. The average molecular weight is 544 g/mol. The molecule has 0 bridgehead atoms. The predicted molar refractivity (Wildman–Crippen MR) is 132 cm³/mol. The first kappa shape index (κ1) is 28.1. The highest BCUT2D eigenvalue weighted by atomic mass is 32.2. The third kappa shape index (κ3) is 7.28. The van der Waals surface area contributed by atoms with Crippen molar-refractivity contribution < 1.29 is 33.4 Å². The molecule has 198 valence electrons. The predicted octanol–water partition coefficient (Wildman–Crippen LogP) is 0.937. The Morgan fingerprint density at radius 2 is 1.94 bits per heavy atom. The molecule has 0 aliphatic carbocycles. The second-order valence-electron chi connectivity index (χ2n) is 8.52. The third-order valence-corrected chi connectivity index (χ3v) is 8.19. The Balaban J connectivity index is 1.73. The molecule has 6 atom stereocenters. The quantitative estimate of drug-likeness (QED) is 0.232. The zero-order chi connectivity index (χ0) is 26.5. The number of ether oxygens (including phenoxy) is 1. The van der Waals surface area contributed by atoms with E-state index in [4.69, 9.17) is 19.5 Å². The maximum absolute atomic E-state index is 13.6. The first-order valence-electron chi connectivity index (χ1n) is 11.1. The van der Waals surface area contributed by atoms with E-state index < -0.39 is 48.3 Å². The lowest BCUT2D eigenvalue weighted by atomic mass is 10.1. The van der Waals surface area contributed by atoms with Crippen molar-refractivity contribution in [3.8, 4) is 5.75 Å². The molecule has 0 amide bonds. The Hall–Kier alpha value is -2.48. The fourth-order valence-corrected chi connectivity index (χ4v) is 6.21. The summed E-state index contributed by atoms with van der Waals surface area (Å²) < 4.78 is 31.0. The topological polar surface area (TPSA) is 188 Å². The molecule has 36 heavy (non-hydrogen) atoms. The fourth-order valence-electron chi connectivity index (χ4n) is 3.17. The summed E-state index contributed by atoms with van der Waals surface area (Å²) in [6, 6.07) is 7.17. The van der Waals surface area contributed by atoms with E-state index in [9.17, 15) is 24.4 Å². The van der Waals surface area contributed by atoms with Crippen LogP contribution in [0.1, 0.15) is 26.1 Å². The highest BCUT2D eigenvalue weighted by molar-refractivity contribution is 8.00. The van der Waals surface area contributed by atoms with Gasteiger partial charge in [0.2, 0.25) is 5.95 Å². The smallest absolute Gasteiger partial charge is 0.459 e. The van der Waals surface area contributed by atoms with Crippen molar-refractivity contribution in [2.45, 2.75) is 49.6 Å². The average Bonchev–Trinajstić information content (AvgIpc) is 3.10. The van der Waals surface area contributed by atoms with Crippen molar-refractivity contribution >= 4 is 31.4 Å². The van der Waals surface area contributed by atoms with Crippen molar-refractivity contribution in [2.24, 2.45) is 5.92 Å². The lowest BCUT2D eigenvalue weighted by Crippen LogP contribution is -2.38. The molecule has 3 rings (SSSR count). The van der Waals surface area contributed by atoms with Crippen LogP contribution in [-0.2, 0) is 18.6 Å². The number of hydrogen-bond acceptors (Lipinski definition) is 12. The van der Waals surface area contributed by atoms with Gasteiger partial charge in [0.25, 0.3) is 0 Å². The molecule has 2 unspecified atom stereocenters. The van der Waals surface area contributed by atoms with Gasteiger partial charge in [-0.3, -0.25) is 13.9 Å². The van der Waals surface area contributed by atoms with Gasteiger partial charge in [0.05, 0.1) is 24.6 Å². The third-order valence-electron chi connectivity index (χ3n) is 5.00. The summed E-state index contributed by atoms with van der Waals surface area (Å²) in [5.74, 6) is -0.527. The standard InChI is InChI=1S/C21H30N5O8PS/c1-12(2)9-32-19(29)13(3)25-35(31,34-14-7-5-4-6-8-14)33-10-15-16(27)17(28)18(36-15)26-11-23-20(22)24-21(26)30/h4-8,11-13,15-18,27-28H,9-10H2,1-3H3,(H,25,31)(H2,22,24,30)/t13-,15+,16-,17?,18+,35?/m0/s1. The van der Waals surface area contributed by atoms with Crippen molar-refractivity contribution in [1.29, 1.82) is 0 Å². The van der Waals surface area contributed by atoms with Gasteiger partial charge in [-0.2, -0.15) is 10.1 Å². The van der Waals surface area contributed by atoms with E-state index in [2.05, 4.69) is 15.1 Å². The van der Waals surface area contributed by atoms with E-state index in [0.29, 0.717) is 0 Å². The molecule has 1 saturated heterocycles. The summed E-state index contributed by atoms with van der Waals surface area (Å²) in [6.45, 7) is 5.06. The maximum Gasteiger partial charge on any atom is 0.459 e. The maximum atomic E-state index is 13.6. The number of benzene rings is 1. The number of aliphatic hydroxyl groups is 2. The Kier molecular flexibility index (Phi) is 9.50. The number of anilines is 1. The molecule has 1 aliphatic rings. The van der Waals surface area contributed by atoms with E-state index >= 15 is 0 Å². The molecule has 0 saturated carbocycles. The largest absolute Gasteiger partial charge is 0.464 e. The zero-order valence-electron chi connectivity index (χ0n) is 20.0. The van der Waals surface area contributed by atoms with Crippen LogP contribution in [0.25, 0.3) is 0 Å². The van der Waals surface area contributed by atoms with Crippen LogP contribution in [0, 0.1) is 5.92 Å². The number of carbonyl (C=O) groups excluding carboxylic acids is 1. The SMILES string of the molecule is CC(C)COC(=O)[C@H](C)NP(=O)(OC[C@H]1S[C@@H](n2cnc(N)nc2=O)C(O)[C@H]1O)Oc1ccccc1. The summed E-state index contributed by atoms with van der Waals surface area (Å²) >= 11 is 1.00. The first-order valence-corrected chi connectivity index (χ1v) is 13.6. The fraction of sp³-hybridized carbons (Fsp3) is 0.524. The molecule has 2 heterocycles. The molecule has 0 radical (unpaired) electrons. The molecule has 5 N–H and O–H groups in total. The van der Waals surface area contributed by atoms with Gasteiger partial charge in [-0.05, 0) is 25.0 Å². The normalized spacial score (nSPS) is 24.3. The van der Waals surface area contributed by atoms with E-state index in [1.807, 2.05) is 13.8 Å². The van der Waals surface area contributed by atoms with Gasteiger partial charge >= 0.3 is 19.4 Å². The lowest BCUT2D eigenvalue weighted by Gasteiger charge is -2.24. The van der Waals surface area contributed by atoms with E-state index in [1.165, 1.54) is 6.92 Å². The van der Waals surface area contributed by atoms with Crippen LogP contribution in [0.2, 0.25) is 0 Å². The summed E-state index contributed by atoms with van der Waals surface area (Å²) in [7, 11) is -4.17. The second-order valence-corrected chi connectivity index (χ2v) is 11.6. The van der Waals surface area contributed by atoms with Gasteiger partial charge in [0.15, 0.2) is 0 Å². The van der Waals surface area contributed by atoms with Gasteiger partial charge in [-0.15, -0.1) is 11.8 Å². The summed E-state index contributed by atoms with van der Waals surface area (Å²) in [5.41, 5.74) is 4.66. The number of aliphatic hydroxyl groups excluding tert-OH is 2. The Labute approximate surface area is 212 Å².